The van der Waals surface area contributed by atoms with Crippen molar-refractivity contribution in [3.05, 3.63) is 10.6 Å². The van der Waals surface area contributed by atoms with E-state index in [1.807, 2.05) is 11.3 Å². The summed E-state index contributed by atoms with van der Waals surface area (Å²) in [6, 6.07) is 0. The first kappa shape index (κ1) is 13.8. The Bertz CT molecular complexity index is 375. The molecule has 0 radical (unpaired) electrons. The maximum Gasteiger partial charge on any atom is 0.185 e. The highest BCUT2D eigenvalue weighted by Crippen LogP contribution is 2.30. The van der Waals surface area contributed by atoms with Crippen LogP contribution in [-0.4, -0.2) is 24.6 Å². The quantitative estimate of drug-likeness (QED) is 0.803. The number of nitrogens with one attached hydrogen (secondary N) is 1. The first-order valence-electron chi connectivity index (χ1n) is 7.18. The molecule has 102 valence electrons. The maximum absolute atomic E-state index is 4.83. The molecule has 0 saturated carbocycles. The number of rotatable bonds is 6. The van der Waals surface area contributed by atoms with E-state index in [0.29, 0.717) is 0 Å². The molecule has 1 N–H and O–H groups in total. The van der Waals surface area contributed by atoms with Crippen molar-refractivity contribution < 1.29 is 0 Å². The van der Waals surface area contributed by atoms with Crippen LogP contribution < -0.4 is 10.2 Å². The fourth-order valence-corrected chi connectivity index (χ4v) is 3.56. The van der Waals surface area contributed by atoms with Crippen LogP contribution in [0.2, 0.25) is 0 Å². The van der Waals surface area contributed by atoms with Crippen molar-refractivity contribution in [3.8, 4) is 0 Å². The Morgan fingerprint density at radius 3 is 2.89 bits per heavy atom. The molecule has 2 heterocycles. The fourth-order valence-electron chi connectivity index (χ4n) is 2.41. The molecule has 0 bridgehead atoms. The monoisotopic (exact) mass is 267 g/mol. The molecule has 1 atom stereocenters. The Hall–Kier alpha value is -0.610. The first-order chi connectivity index (χ1) is 8.74. The van der Waals surface area contributed by atoms with E-state index in [1.54, 1.807) is 0 Å². The molecule has 1 aliphatic rings. The number of nitrogens with zero attached hydrogens (tertiary/aromatic N) is 2. The van der Waals surface area contributed by atoms with Crippen LogP contribution in [-0.2, 0) is 13.0 Å². The van der Waals surface area contributed by atoms with Gasteiger partial charge in [-0.15, -0.1) is 11.3 Å². The molecular formula is C14H25N3S. The average Bonchev–Trinajstić information content (AvgIpc) is 2.95. The zero-order valence-corrected chi connectivity index (χ0v) is 12.6. The third-order valence-electron chi connectivity index (χ3n) is 3.51. The van der Waals surface area contributed by atoms with Crippen LogP contribution in [0.1, 0.15) is 44.2 Å². The van der Waals surface area contributed by atoms with Crippen LogP contribution >= 0.6 is 11.3 Å². The van der Waals surface area contributed by atoms with Gasteiger partial charge in [0.2, 0.25) is 0 Å². The summed E-state index contributed by atoms with van der Waals surface area (Å²) < 4.78 is 0. The standard InChI is InChI=1S/C14H25N3S/c1-4-7-15-9-13-12(5-2)16-14(18-13)17-8-6-11(3)10-17/h11,15H,4-10H2,1-3H3. The lowest BCUT2D eigenvalue weighted by Gasteiger charge is -2.13. The lowest BCUT2D eigenvalue weighted by atomic mass is 10.2. The van der Waals surface area contributed by atoms with E-state index >= 15 is 0 Å². The largest absolute Gasteiger partial charge is 0.348 e. The van der Waals surface area contributed by atoms with Crippen molar-refractivity contribution in [2.24, 2.45) is 5.92 Å². The van der Waals surface area contributed by atoms with Gasteiger partial charge in [0.05, 0.1) is 5.69 Å². The van der Waals surface area contributed by atoms with Crippen molar-refractivity contribution in [1.82, 2.24) is 10.3 Å². The maximum atomic E-state index is 4.83. The molecule has 1 fully saturated rings. The van der Waals surface area contributed by atoms with E-state index in [4.69, 9.17) is 4.98 Å². The number of hydrogen-bond donors (Lipinski definition) is 1. The van der Waals surface area contributed by atoms with Crippen molar-refractivity contribution >= 4 is 16.5 Å². The Morgan fingerprint density at radius 2 is 2.28 bits per heavy atom. The smallest absolute Gasteiger partial charge is 0.185 e. The van der Waals surface area contributed by atoms with Crippen LogP contribution in [0.4, 0.5) is 5.13 Å². The van der Waals surface area contributed by atoms with Gasteiger partial charge < -0.3 is 10.2 Å². The van der Waals surface area contributed by atoms with Gasteiger partial charge in [0.25, 0.3) is 0 Å². The second kappa shape index (κ2) is 6.53. The first-order valence-corrected chi connectivity index (χ1v) is 8.00. The van der Waals surface area contributed by atoms with E-state index in [2.05, 4.69) is 31.0 Å². The fraction of sp³-hybridized carbons (Fsp3) is 0.786. The molecule has 1 unspecified atom stereocenters. The van der Waals surface area contributed by atoms with Gasteiger partial charge >= 0.3 is 0 Å². The third-order valence-corrected chi connectivity index (χ3v) is 4.67. The summed E-state index contributed by atoms with van der Waals surface area (Å²) in [5, 5.41) is 4.73. The Balaban J connectivity index is 2.03. The van der Waals surface area contributed by atoms with Crippen LogP contribution in [0.5, 0.6) is 0 Å². The molecule has 0 spiro atoms. The minimum atomic E-state index is 0.820. The molecule has 1 saturated heterocycles. The van der Waals surface area contributed by atoms with Gasteiger partial charge in [-0.1, -0.05) is 20.8 Å². The summed E-state index contributed by atoms with van der Waals surface area (Å²) >= 11 is 1.89. The summed E-state index contributed by atoms with van der Waals surface area (Å²) in [6.07, 6.45) is 3.55. The van der Waals surface area contributed by atoms with Gasteiger partial charge in [0.15, 0.2) is 5.13 Å². The summed E-state index contributed by atoms with van der Waals surface area (Å²) in [4.78, 5) is 8.72. The van der Waals surface area contributed by atoms with Gasteiger partial charge in [-0.05, 0) is 31.7 Å². The number of hydrogen-bond acceptors (Lipinski definition) is 4. The lowest BCUT2D eigenvalue weighted by Crippen LogP contribution is -2.18. The summed E-state index contributed by atoms with van der Waals surface area (Å²) in [5.41, 5.74) is 1.29. The molecule has 0 amide bonds. The van der Waals surface area contributed by atoms with Crippen LogP contribution in [0.3, 0.4) is 0 Å². The van der Waals surface area contributed by atoms with E-state index in [9.17, 15) is 0 Å². The van der Waals surface area contributed by atoms with Gasteiger partial charge in [-0.2, -0.15) is 0 Å². The molecule has 2 rings (SSSR count). The van der Waals surface area contributed by atoms with Crippen molar-refractivity contribution in [2.45, 2.75) is 46.6 Å². The highest BCUT2D eigenvalue weighted by Gasteiger charge is 2.22. The Kier molecular flexibility index (Phi) is 5.01. The zero-order chi connectivity index (χ0) is 13.0. The van der Waals surface area contributed by atoms with E-state index in [1.165, 1.54) is 41.6 Å². The van der Waals surface area contributed by atoms with Crippen molar-refractivity contribution in [2.75, 3.05) is 24.5 Å². The summed E-state index contributed by atoms with van der Waals surface area (Å²) in [7, 11) is 0. The van der Waals surface area contributed by atoms with E-state index in [-0.39, 0.29) is 0 Å². The van der Waals surface area contributed by atoms with Crippen LogP contribution in [0.15, 0.2) is 0 Å². The molecule has 1 aliphatic heterocycles. The molecule has 18 heavy (non-hydrogen) atoms. The highest BCUT2D eigenvalue weighted by molar-refractivity contribution is 7.15. The van der Waals surface area contributed by atoms with E-state index in [0.717, 1.165) is 25.4 Å². The molecule has 0 aliphatic carbocycles. The number of aryl methyl sites for hydroxylation is 1. The lowest BCUT2D eigenvalue weighted by molar-refractivity contribution is 0.659. The predicted octanol–water partition coefficient (Wildman–Crippen LogP) is 3.05. The van der Waals surface area contributed by atoms with Gasteiger partial charge in [-0.25, -0.2) is 4.98 Å². The second-order valence-electron chi connectivity index (χ2n) is 5.24. The van der Waals surface area contributed by atoms with Gasteiger partial charge in [0, 0.05) is 24.5 Å². The molecule has 1 aromatic heterocycles. The average molecular weight is 267 g/mol. The van der Waals surface area contributed by atoms with Crippen LogP contribution in [0, 0.1) is 5.92 Å². The zero-order valence-electron chi connectivity index (χ0n) is 11.8. The van der Waals surface area contributed by atoms with Crippen LogP contribution in [0.25, 0.3) is 0 Å². The van der Waals surface area contributed by atoms with E-state index < -0.39 is 0 Å². The van der Waals surface area contributed by atoms with Gasteiger partial charge in [-0.3, -0.25) is 0 Å². The SMILES string of the molecule is CCCNCc1sc(N2CCC(C)C2)nc1CC. The molecular weight excluding hydrogens is 242 g/mol. The molecule has 4 heteroatoms. The number of aromatic nitrogens is 1. The summed E-state index contributed by atoms with van der Waals surface area (Å²) in [6.45, 7) is 11.2. The minimum Gasteiger partial charge on any atom is -0.348 e. The predicted molar refractivity (Wildman–Crippen MR) is 79.5 cm³/mol. The number of anilines is 1. The normalized spacial score (nSPS) is 19.7. The Morgan fingerprint density at radius 1 is 1.44 bits per heavy atom. The highest BCUT2D eigenvalue weighted by atomic mass is 32.1. The minimum absolute atomic E-state index is 0.820. The van der Waals surface area contributed by atoms with Gasteiger partial charge in [0.1, 0.15) is 0 Å². The molecule has 1 aromatic rings. The topological polar surface area (TPSA) is 28.2 Å². The second-order valence-corrected chi connectivity index (χ2v) is 6.30. The third kappa shape index (κ3) is 3.23. The number of thiazole rings is 1. The van der Waals surface area contributed by atoms with Crippen molar-refractivity contribution in [1.29, 1.82) is 0 Å². The van der Waals surface area contributed by atoms with Crippen molar-refractivity contribution in [3.63, 3.8) is 0 Å². The molecule has 0 aromatic carbocycles. The Labute approximate surface area is 115 Å². The molecule has 3 nitrogen and oxygen atoms in total. The summed E-state index contributed by atoms with van der Waals surface area (Å²) in [5.74, 6) is 0.820.